The molecule has 2 heteroatoms. The number of aliphatic hydroxyl groups is 1. The molecule has 0 saturated heterocycles. The zero-order valence-corrected chi connectivity index (χ0v) is 10.9. The van der Waals surface area contributed by atoms with Crippen molar-refractivity contribution >= 4 is 5.69 Å². The van der Waals surface area contributed by atoms with Gasteiger partial charge in [-0.3, -0.25) is 0 Å². The van der Waals surface area contributed by atoms with E-state index in [9.17, 15) is 5.11 Å². The Balaban J connectivity index is 2.05. The second-order valence-corrected chi connectivity index (χ2v) is 4.86. The standard InChI is InChI=1S/C16H19NO/c1-13-7-6-10-15(11-13)17-12-16(2,18)14-8-4-3-5-9-14/h3-11,17-18H,12H2,1-2H3. The van der Waals surface area contributed by atoms with E-state index in [0.29, 0.717) is 6.54 Å². The lowest BCUT2D eigenvalue weighted by atomic mass is 9.96. The lowest BCUT2D eigenvalue weighted by Crippen LogP contribution is -2.30. The molecule has 0 aliphatic rings. The van der Waals surface area contributed by atoms with E-state index in [4.69, 9.17) is 0 Å². The summed E-state index contributed by atoms with van der Waals surface area (Å²) in [4.78, 5) is 0. The number of nitrogens with one attached hydrogen (secondary N) is 1. The Morgan fingerprint density at radius 2 is 1.78 bits per heavy atom. The van der Waals surface area contributed by atoms with Crippen LogP contribution in [0.5, 0.6) is 0 Å². The topological polar surface area (TPSA) is 32.3 Å². The maximum Gasteiger partial charge on any atom is 0.104 e. The molecule has 2 rings (SSSR count). The first kappa shape index (κ1) is 12.7. The molecule has 0 aliphatic heterocycles. The fourth-order valence-corrected chi connectivity index (χ4v) is 1.93. The molecular weight excluding hydrogens is 222 g/mol. The first-order valence-corrected chi connectivity index (χ1v) is 6.16. The van der Waals surface area contributed by atoms with Gasteiger partial charge in [0.15, 0.2) is 0 Å². The highest BCUT2D eigenvalue weighted by Crippen LogP contribution is 2.21. The Kier molecular flexibility index (Phi) is 3.68. The van der Waals surface area contributed by atoms with Gasteiger partial charge in [0.2, 0.25) is 0 Å². The molecule has 0 saturated carbocycles. The fourth-order valence-electron chi connectivity index (χ4n) is 1.93. The maximum absolute atomic E-state index is 10.5. The monoisotopic (exact) mass is 241 g/mol. The molecule has 0 radical (unpaired) electrons. The average Bonchev–Trinajstić information content (AvgIpc) is 2.38. The molecule has 0 bridgehead atoms. The van der Waals surface area contributed by atoms with Gasteiger partial charge >= 0.3 is 0 Å². The van der Waals surface area contributed by atoms with Gasteiger partial charge in [0.25, 0.3) is 0 Å². The van der Waals surface area contributed by atoms with Crippen LogP contribution in [0, 0.1) is 6.92 Å². The lowest BCUT2D eigenvalue weighted by molar-refractivity contribution is 0.0715. The summed E-state index contributed by atoms with van der Waals surface area (Å²) in [7, 11) is 0. The molecule has 0 spiro atoms. The maximum atomic E-state index is 10.5. The predicted molar refractivity (Wildman–Crippen MR) is 75.7 cm³/mol. The lowest BCUT2D eigenvalue weighted by Gasteiger charge is -2.25. The van der Waals surface area contributed by atoms with E-state index in [1.807, 2.05) is 49.4 Å². The van der Waals surface area contributed by atoms with Crippen molar-refractivity contribution in [1.29, 1.82) is 0 Å². The van der Waals surface area contributed by atoms with Crippen LogP contribution in [0.25, 0.3) is 0 Å². The van der Waals surface area contributed by atoms with E-state index in [0.717, 1.165) is 11.3 Å². The summed E-state index contributed by atoms with van der Waals surface area (Å²) >= 11 is 0. The Morgan fingerprint density at radius 1 is 1.06 bits per heavy atom. The van der Waals surface area contributed by atoms with E-state index >= 15 is 0 Å². The van der Waals surface area contributed by atoms with Crippen molar-refractivity contribution in [3.63, 3.8) is 0 Å². The number of hydrogen-bond acceptors (Lipinski definition) is 2. The second kappa shape index (κ2) is 5.23. The van der Waals surface area contributed by atoms with Crippen LogP contribution in [0.3, 0.4) is 0 Å². The molecule has 2 nitrogen and oxygen atoms in total. The van der Waals surface area contributed by atoms with Crippen LogP contribution in [-0.2, 0) is 5.60 Å². The van der Waals surface area contributed by atoms with Crippen molar-refractivity contribution < 1.29 is 5.11 Å². The third-order valence-electron chi connectivity index (χ3n) is 3.05. The zero-order valence-electron chi connectivity index (χ0n) is 10.9. The molecule has 2 aromatic carbocycles. The quantitative estimate of drug-likeness (QED) is 0.860. The summed E-state index contributed by atoms with van der Waals surface area (Å²) in [5.74, 6) is 0. The SMILES string of the molecule is Cc1cccc(NCC(C)(O)c2ccccc2)c1. The van der Waals surface area contributed by atoms with Gasteiger partial charge < -0.3 is 10.4 Å². The fraction of sp³-hybridized carbons (Fsp3) is 0.250. The molecule has 2 aromatic rings. The first-order valence-electron chi connectivity index (χ1n) is 6.16. The zero-order chi connectivity index (χ0) is 13.0. The molecule has 1 unspecified atom stereocenters. The van der Waals surface area contributed by atoms with Gasteiger partial charge in [-0.25, -0.2) is 0 Å². The van der Waals surface area contributed by atoms with Crippen LogP contribution in [0.2, 0.25) is 0 Å². The minimum absolute atomic E-state index is 0.487. The summed E-state index contributed by atoms with van der Waals surface area (Å²) in [6.45, 7) is 4.37. The minimum atomic E-state index is -0.870. The predicted octanol–water partition coefficient (Wildman–Crippen LogP) is 3.31. The third-order valence-corrected chi connectivity index (χ3v) is 3.05. The van der Waals surface area contributed by atoms with Crippen molar-refractivity contribution in [2.24, 2.45) is 0 Å². The third kappa shape index (κ3) is 3.11. The summed E-state index contributed by atoms with van der Waals surface area (Å²) in [5, 5.41) is 13.7. The van der Waals surface area contributed by atoms with Crippen LogP contribution in [0.15, 0.2) is 54.6 Å². The van der Waals surface area contributed by atoms with Gasteiger partial charge in [-0.15, -0.1) is 0 Å². The molecule has 0 fully saturated rings. The summed E-state index contributed by atoms with van der Waals surface area (Å²) in [5.41, 5.74) is 2.29. The van der Waals surface area contributed by atoms with Gasteiger partial charge in [0.05, 0.1) is 0 Å². The molecule has 0 aliphatic carbocycles. The minimum Gasteiger partial charge on any atom is -0.384 e. The van der Waals surface area contributed by atoms with Gasteiger partial charge in [-0.1, -0.05) is 42.5 Å². The highest BCUT2D eigenvalue weighted by Gasteiger charge is 2.22. The van der Waals surface area contributed by atoms with Crippen molar-refractivity contribution in [1.82, 2.24) is 0 Å². The Hall–Kier alpha value is -1.80. The van der Waals surface area contributed by atoms with Crippen molar-refractivity contribution in [2.75, 3.05) is 11.9 Å². The van der Waals surface area contributed by atoms with Crippen LogP contribution in [-0.4, -0.2) is 11.7 Å². The Morgan fingerprint density at radius 3 is 2.44 bits per heavy atom. The van der Waals surface area contributed by atoms with E-state index < -0.39 is 5.60 Å². The van der Waals surface area contributed by atoms with Crippen molar-refractivity contribution in [2.45, 2.75) is 19.4 Å². The van der Waals surface area contributed by atoms with E-state index in [2.05, 4.69) is 24.4 Å². The molecule has 18 heavy (non-hydrogen) atoms. The van der Waals surface area contributed by atoms with Gasteiger partial charge in [-0.05, 0) is 37.1 Å². The van der Waals surface area contributed by atoms with Crippen LogP contribution in [0.4, 0.5) is 5.69 Å². The molecule has 0 heterocycles. The van der Waals surface area contributed by atoms with Crippen LogP contribution >= 0.6 is 0 Å². The van der Waals surface area contributed by atoms with Crippen LogP contribution in [0.1, 0.15) is 18.1 Å². The number of benzene rings is 2. The number of hydrogen-bond donors (Lipinski definition) is 2. The molecule has 0 amide bonds. The Bertz CT molecular complexity index is 506. The summed E-state index contributed by atoms with van der Waals surface area (Å²) < 4.78 is 0. The summed E-state index contributed by atoms with van der Waals surface area (Å²) in [6, 6.07) is 17.9. The van der Waals surface area contributed by atoms with Crippen molar-refractivity contribution in [3.8, 4) is 0 Å². The van der Waals surface area contributed by atoms with Gasteiger partial charge in [0, 0.05) is 12.2 Å². The molecule has 94 valence electrons. The molecule has 1 atom stereocenters. The number of rotatable bonds is 4. The smallest absolute Gasteiger partial charge is 0.104 e. The number of aryl methyl sites for hydroxylation is 1. The van der Waals surface area contributed by atoms with E-state index in [-0.39, 0.29) is 0 Å². The molecule has 2 N–H and O–H groups in total. The average molecular weight is 241 g/mol. The highest BCUT2D eigenvalue weighted by molar-refractivity contribution is 5.46. The highest BCUT2D eigenvalue weighted by atomic mass is 16.3. The van der Waals surface area contributed by atoms with E-state index in [1.54, 1.807) is 0 Å². The largest absolute Gasteiger partial charge is 0.384 e. The van der Waals surface area contributed by atoms with Gasteiger partial charge in [0.1, 0.15) is 5.60 Å². The second-order valence-electron chi connectivity index (χ2n) is 4.86. The van der Waals surface area contributed by atoms with Crippen molar-refractivity contribution in [3.05, 3.63) is 65.7 Å². The Labute approximate surface area is 108 Å². The molecule has 0 aromatic heterocycles. The normalized spacial score (nSPS) is 13.9. The van der Waals surface area contributed by atoms with E-state index in [1.165, 1.54) is 5.56 Å². The molecular formula is C16H19NO. The number of anilines is 1. The first-order chi connectivity index (χ1) is 8.58. The summed E-state index contributed by atoms with van der Waals surface area (Å²) in [6.07, 6.45) is 0. The van der Waals surface area contributed by atoms with Gasteiger partial charge in [-0.2, -0.15) is 0 Å². The van der Waals surface area contributed by atoms with Crippen LogP contribution < -0.4 is 5.32 Å².